The molecule has 2 N–H and O–H groups in total. The molecule has 0 spiro atoms. The number of amides is 1. The van der Waals surface area contributed by atoms with E-state index in [-0.39, 0.29) is 11.8 Å². The number of benzene rings is 1. The predicted molar refractivity (Wildman–Crippen MR) is 85.6 cm³/mol. The first-order chi connectivity index (χ1) is 9.67. The maximum absolute atomic E-state index is 12.3. The fourth-order valence-corrected chi connectivity index (χ4v) is 3.99. The van der Waals surface area contributed by atoms with Gasteiger partial charge in [-0.3, -0.25) is 4.79 Å². The highest BCUT2D eigenvalue weighted by Crippen LogP contribution is 2.30. The van der Waals surface area contributed by atoms with Gasteiger partial charge in [0.15, 0.2) is 4.34 Å². The number of fused-ring (bicyclic) bond motifs is 1. The van der Waals surface area contributed by atoms with Gasteiger partial charge in [0, 0.05) is 12.2 Å². The van der Waals surface area contributed by atoms with E-state index in [1.165, 1.54) is 0 Å². The van der Waals surface area contributed by atoms with Crippen LogP contribution in [0.4, 0.5) is 5.69 Å². The first-order valence-corrected chi connectivity index (χ1v) is 8.67. The van der Waals surface area contributed by atoms with E-state index in [0.717, 1.165) is 33.3 Å². The summed E-state index contributed by atoms with van der Waals surface area (Å²) < 4.78 is 2.17. The Kier molecular flexibility index (Phi) is 3.96. The van der Waals surface area contributed by atoms with Gasteiger partial charge in [0.2, 0.25) is 5.91 Å². The first-order valence-electron chi connectivity index (χ1n) is 6.63. The minimum Gasteiger partial charge on any atom is -0.326 e. The predicted octanol–water partition coefficient (Wildman–Crippen LogP) is 2.81. The van der Waals surface area contributed by atoms with Crippen molar-refractivity contribution in [1.82, 2.24) is 10.3 Å². The van der Waals surface area contributed by atoms with Crippen molar-refractivity contribution < 1.29 is 4.79 Å². The molecule has 1 aliphatic rings. The van der Waals surface area contributed by atoms with E-state index in [1.54, 1.807) is 23.1 Å². The molecule has 0 radical (unpaired) electrons. The van der Waals surface area contributed by atoms with Crippen molar-refractivity contribution in [3.05, 3.63) is 18.2 Å². The molecular formula is C14H17N3OS2. The number of thioether (sulfide) groups is 1. The second kappa shape index (κ2) is 5.71. The third-order valence-corrected chi connectivity index (χ3v) is 5.67. The lowest BCUT2D eigenvalue weighted by molar-refractivity contribution is -0.120. The summed E-state index contributed by atoms with van der Waals surface area (Å²) in [6.45, 7) is 3.80. The van der Waals surface area contributed by atoms with Gasteiger partial charge >= 0.3 is 0 Å². The molecule has 3 rings (SSSR count). The monoisotopic (exact) mass is 307 g/mol. The number of thiazole rings is 1. The van der Waals surface area contributed by atoms with Crippen molar-refractivity contribution in [2.24, 2.45) is 11.8 Å². The molecule has 1 aromatic carbocycles. The molecule has 106 valence electrons. The Labute approximate surface area is 126 Å². The molecule has 1 aromatic heterocycles. The van der Waals surface area contributed by atoms with Crippen molar-refractivity contribution in [1.29, 1.82) is 0 Å². The Hall–Kier alpha value is -1.11. The quantitative estimate of drug-likeness (QED) is 0.856. The van der Waals surface area contributed by atoms with Gasteiger partial charge < -0.3 is 10.6 Å². The number of hydrogen-bond acceptors (Lipinski definition) is 5. The number of rotatable bonds is 3. The van der Waals surface area contributed by atoms with E-state index in [4.69, 9.17) is 0 Å². The second-order valence-electron chi connectivity index (χ2n) is 5.10. The van der Waals surface area contributed by atoms with Crippen LogP contribution in [0.1, 0.15) is 6.92 Å². The summed E-state index contributed by atoms with van der Waals surface area (Å²) in [7, 11) is 0. The van der Waals surface area contributed by atoms with Crippen molar-refractivity contribution >= 4 is 44.9 Å². The molecule has 1 saturated heterocycles. The van der Waals surface area contributed by atoms with Crippen LogP contribution in [0, 0.1) is 11.8 Å². The zero-order chi connectivity index (χ0) is 14.1. The minimum atomic E-state index is 0.0638. The van der Waals surface area contributed by atoms with Crippen molar-refractivity contribution in [2.45, 2.75) is 11.3 Å². The largest absolute Gasteiger partial charge is 0.326 e. The number of carbonyl (C=O) groups is 1. The zero-order valence-electron chi connectivity index (χ0n) is 11.5. The Balaban J connectivity index is 1.78. The highest BCUT2D eigenvalue weighted by Gasteiger charge is 2.29. The number of anilines is 1. The second-order valence-corrected chi connectivity index (χ2v) is 7.18. The lowest BCUT2D eigenvalue weighted by Gasteiger charge is -2.14. The van der Waals surface area contributed by atoms with E-state index in [0.29, 0.717) is 5.92 Å². The highest BCUT2D eigenvalue weighted by atomic mass is 32.2. The molecule has 2 heterocycles. The standard InChI is InChI=1S/C14H17N3OS2/c1-8-6-15-7-10(8)13(18)16-9-3-4-11-12(5-9)20-14(17-11)19-2/h3-5,8,10,15H,6-7H2,1-2H3,(H,16,18). The van der Waals surface area contributed by atoms with E-state index >= 15 is 0 Å². The van der Waals surface area contributed by atoms with Gasteiger partial charge in [0.05, 0.1) is 16.1 Å². The van der Waals surface area contributed by atoms with Gasteiger partial charge in [0.25, 0.3) is 0 Å². The summed E-state index contributed by atoms with van der Waals surface area (Å²) in [5.41, 5.74) is 1.85. The molecule has 6 heteroatoms. The first kappa shape index (κ1) is 13.9. The van der Waals surface area contributed by atoms with Crippen LogP contribution in [-0.4, -0.2) is 30.2 Å². The maximum Gasteiger partial charge on any atom is 0.229 e. The van der Waals surface area contributed by atoms with E-state index in [9.17, 15) is 4.79 Å². The number of aromatic nitrogens is 1. The zero-order valence-corrected chi connectivity index (χ0v) is 13.1. The number of nitrogens with zero attached hydrogens (tertiary/aromatic N) is 1. The van der Waals surface area contributed by atoms with Gasteiger partial charge in [-0.25, -0.2) is 4.98 Å². The molecule has 2 aromatic rings. The Morgan fingerprint density at radius 3 is 3.05 bits per heavy atom. The molecule has 1 aliphatic heterocycles. The number of nitrogens with one attached hydrogen (secondary N) is 2. The lowest BCUT2D eigenvalue weighted by Crippen LogP contribution is -2.27. The third kappa shape index (κ3) is 2.68. The van der Waals surface area contributed by atoms with Crippen LogP contribution in [0.15, 0.2) is 22.5 Å². The molecular weight excluding hydrogens is 290 g/mol. The molecule has 4 nitrogen and oxygen atoms in total. The molecule has 1 fully saturated rings. The molecule has 2 unspecified atom stereocenters. The van der Waals surface area contributed by atoms with Crippen molar-refractivity contribution in [2.75, 3.05) is 24.7 Å². The van der Waals surface area contributed by atoms with Crippen LogP contribution in [0.3, 0.4) is 0 Å². The summed E-state index contributed by atoms with van der Waals surface area (Å²) in [5.74, 6) is 0.565. The molecule has 20 heavy (non-hydrogen) atoms. The topological polar surface area (TPSA) is 54.0 Å². The summed E-state index contributed by atoms with van der Waals surface area (Å²) in [5, 5.41) is 6.28. The van der Waals surface area contributed by atoms with Crippen LogP contribution in [0.25, 0.3) is 10.2 Å². The van der Waals surface area contributed by atoms with Crippen molar-refractivity contribution in [3.63, 3.8) is 0 Å². The average molecular weight is 307 g/mol. The van der Waals surface area contributed by atoms with Gasteiger partial charge in [0.1, 0.15) is 0 Å². The molecule has 1 amide bonds. The molecule has 0 aliphatic carbocycles. The highest BCUT2D eigenvalue weighted by molar-refractivity contribution is 8.00. The summed E-state index contributed by atoms with van der Waals surface area (Å²) >= 11 is 3.31. The molecule has 0 saturated carbocycles. The lowest BCUT2D eigenvalue weighted by atomic mass is 9.97. The summed E-state index contributed by atoms with van der Waals surface area (Å²) in [4.78, 5) is 16.8. The van der Waals surface area contributed by atoms with Crippen LogP contribution in [0.5, 0.6) is 0 Å². The number of hydrogen-bond donors (Lipinski definition) is 2. The van der Waals surface area contributed by atoms with Crippen LogP contribution in [-0.2, 0) is 4.79 Å². The van der Waals surface area contributed by atoms with E-state index < -0.39 is 0 Å². The van der Waals surface area contributed by atoms with Crippen LogP contribution in [0.2, 0.25) is 0 Å². The van der Waals surface area contributed by atoms with Gasteiger partial charge in [-0.1, -0.05) is 18.7 Å². The Morgan fingerprint density at radius 2 is 2.35 bits per heavy atom. The minimum absolute atomic E-state index is 0.0638. The fourth-order valence-electron chi connectivity index (χ4n) is 2.46. The van der Waals surface area contributed by atoms with Gasteiger partial charge in [-0.05, 0) is 36.9 Å². The Morgan fingerprint density at radius 1 is 1.50 bits per heavy atom. The molecule has 0 bridgehead atoms. The maximum atomic E-state index is 12.3. The normalized spacial score (nSPS) is 22.3. The van der Waals surface area contributed by atoms with Crippen LogP contribution < -0.4 is 10.6 Å². The third-order valence-electron chi connectivity index (χ3n) is 3.67. The Bertz CT molecular complexity index is 640. The fraction of sp³-hybridized carbons (Fsp3) is 0.429. The van der Waals surface area contributed by atoms with Gasteiger partial charge in [-0.2, -0.15) is 0 Å². The van der Waals surface area contributed by atoms with Crippen LogP contribution >= 0.6 is 23.1 Å². The van der Waals surface area contributed by atoms with Crippen molar-refractivity contribution in [3.8, 4) is 0 Å². The summed E-state index contributed by atoms with van der Waals surface area (Å²) in [6.07, 6.45) is 2.02. The van der Waals surface area contributed by atoms with Gasteiger partial charge in [-0.15, -0.1) is 11.3 Å². The smallest absolute Gasteiger partial charge is 0.229 e. The number of carbonyl (C=O) groups excluding carboxylic acids is 1. The van der Waals surface area contributed by atoms with E-state index in [1.807, 2.05) is 24.5 Å². The molecule has 2 atom stereocenters. The summed E-state index contributed by atoms with van der Waals surface area (Å²) in [6, 6.07) is 5.91. The SMILES string of the molecule is CSc1nc2ccc(NC(=O)C3CNCC3C)cc2s1. The average Bonchev–Trinajstić information content (AvgIpc) is 3.03. The van der Waals surface area contributed by atoms with E-state index in [2.05, 4.69) is 22.5 Å².